The Morgan fingerprint density at radius 2 is 2.00 bits per heavy atom. The van der Waals surface area contributed by atoms with Crippen molar-refractivity contribution in [2.75, 3.05) is 13.1 Å². The molecule has 0 aliphatic carbocycles. The van der Waals surface area contributed by atoms with Crippen LogP contribution in [0.5, 0.6) is 0 Å². The van der Waals surface area contributed by atoms with E-state index in [1.807, 2.05) is 0 Å². The van der Waals surface area contributed by atoms with Crippen molar-refractivity contribution in [2.24, 2.45) is 5.92 Å². The Balaban J connectivity index is 2.33. The van der Waals surface area contributed by atoms with Gasteiger partial charge in [-0.2, -0.15) is 0 Å². The van der Waals surface area contributed by atoms with Gasteiger partial charge in [-0.3, -0.25) is 14.9 Å². The van der Waals surface area contributed by atoms with Crippen molar-refractivity contribution in [2.45, 2.75) is 26.2 Å². The van der Waals surface area contributed by atoms with Gasteiger partial charge in [-0.1, -0.05) is 6.92 Å². The van der Waals surface area contributed by atoms with Crippen molar-refractivity contribution in [3.63, 3.8) is 0 Å². The van der Waals surface area contributed by atoms with Gasteiger partial charge in [0.1, 0.15) is 0 Å². The molecule has 13 heavy (non-hydrogen) atoms. The van der Waals surface area contributed by atoms with Gasteiger partial charge in [-0.05, 0) is 25.9 Å². The van der Waals surface area contributed by atoms with Crippen LogP contribution in [0.4, 0.5) is 0 Å². The lowest BCUT2D eigenvalue weighted by atomic mass is 9.97. The van der Waals surface area contributed by atoms with Crippen molar-refractivity contribution in [1.82, 2.24) is 10.6 Å². The first-order valence-corrected chi connectivity index (χ1v) is 4.78. The number of hydrogen-bond donors (Lipinski definition) is 2. The summed E-state index contributed by atoms with van der Waals surface area (Å²) < 4.78 is 0. The maximum absolute atomic E-state index is 11.4. The summed E-state index contributed by atoms with van der Waals surface area (Å²) in [4.78, 5) is 22.3. The molecule has 1 aliphatic heterocycles. The van der Waals surface area contributed by atoms with Crippen molar-refractivity contribution < 1.29 is 9.59 Å². The molecule has 4 heteroatoms. The number of imide groups is 1. The molecule has 0 atom stereocenters. The summed E-state index contributed by atoms with van der Waals surface area (Å²) in [5.41, 5.74) is 0. The molecule has 0 bridgehead atoms. The monoisotopic (exact) mass is 184 g/mol. The molecular formula is C9H16N2O2. The van der Waals surface area contributed by atoms with E-state index in [4.69, 9.17) is 0 Å². The summed E-state index contributed by atoms with van der Waals surface area (Å²) in [5.74, 6) is -0.256. The van der Waals surface area contributed by atoms with E-state index in [-0.39, 0.29) is 17.7 Å². The van der Waals surface area contributed by atoms with Crippen LogP contribution in [-0.4, -0.2) is 24.9 Å². The maximum Gasteiger partial charge on any atom is 0.229 e. The lowest BCUT2D eigenvalue weighted by Gasteiger charge is -2.21. The highest BCUT2D eigenvalue weighted by Crippen LogP contribution is 2.11. The molecule has 0 saturated carbocycles. The Hall–Kier alpha value is -0.900. The van der Waals surface area contributed by atoms with Crippen molar-refractivity contribution >= 4 is 11.8 Å². The van der Waals surface area contributed by atoms with E-state index >= 15 is 0 Å². The average Bonchev–Trinajstić information content (AvgIpc) is 2.19. The van der Waals surface area contributed by atoms with Crippen LogP contribution in [0.15, 0.2) is 0 Å². The topological polar surface area (TPSA) is 58.2 Å². The number of nitrogens with one attached hydrogen (secondary N) is 2. The van der Waals surface area contributed by atoms with Crippen LogP contribution >= 0.6 is 0 Å². The van der Waals surface area contributed by atoms with Crippen LogP contribution in [0, 0.1) is 5.92 Å². The van der Waals surface area contributed by atoms with Crippen LogP contribution < -0.4 is 10.6 Å². The minimum Gasteiger partial charge on any atom is -0.317 e. The van der Waals surface area contributed by atoms with Crippen LogP contribution in [-0.2, 0) is 9.59 Å². The smallest absolute Gasteiger partial charge is 0.229 e. The largest absolute Gasteiger partial charge is 0.317 e. The van der Waals surface area contributed by atoms with Gasteiger partial charge in [0.05, 0.1) is 0 Å². The first-order chi connectivity index (χ1) is 6.24. The molecule has 74 valence electrons. The zero-order valence-electron chi connectivity index (χ0n) is 7.93. The second kappa shape index (κ2) is 4.97. The number of piperidine rings is 1. The third-order valence-corrected chi connectivity index (χ3v) is 2.29. The highest BCUT2D eigenvalue weighted by Gasteiger charge is 2.21. The average molecular weight is 184 g/mol. The van der Waals surface area contributed by atoms with Crippen molar-refractivity contribution in [1.29, 1.82) is 0 Å². The van der Waals surface area contributed by atoms with E-state index in [1.54, 1.807) is 6.92 Å². The van der Waals surface area contributed by atoms with Crippen LogP contribution in [0.1, 0.15) is 26.2 Å². The predicted octanol–water partition coefficient (Wildman–Crippen LogP) is 0.0388. The van der Waals surface area contributed by atoms with Gasteiger partial charge in [0, 0.05) is 12.3 Å². The second-order valence-electron chi connectivity index (χ2n) is 3.29. The Labute approximate surface area is 78.1 Å². The lowest BCUT2D eigenvalue weighted by molar-refractivity contribution is -0.133. The van der Waals surface area contributed by atoms with Crippen molar-refractivity contribution in [3.8, 4) is 0 Å². The molecule has 0 aromatic rings. The zero-order chi connectivity index (χ0) is 9.68. The molecule has 1 rings (SSSR count). The molecule has 0 radical (unpaired) electrons. The number of hydrogen-bond acceptors (Lipinski definition) is 3. The van der Waals surface area contributed by atoms with Gasteiger partial charge in [-0.25, -0.2) is 0 Å². The van der Waals surface area contributed by atoms with Gasteiger partial charge in [0.2, 0.25) is 11.8 Å². The first-order valence-electron chi connectivity index (χ1n) is 4.78. The summed E-state index contributed by atoms with van der Waals surface area (Å²) in [5, 5.41) is 5.57. The molecular weight excluding hydrogens is 168 g/mol. The molecule has 1 saturated heterocycles. The normalized spacial score (nSPS) is 18.2. The van der Waals surface area contributed by atoms with Gasteiger partial charge in [0.25, 0.3) is 0 Å². The van der Waals surface area contributed by atoms with Gasteiger partial charge < -0.3 is 5.32 Å². The molecule has 0 unspecified atom stereocenters. The van der Waals surface area contributed by atoms with Gasteiger partial charge in [0.15, 0.2) is 0 Å². The van der Waals surface area contributed by atoms with E-state index in [9.17, 15) is 9.59 Å². The third kappa shape index (κ3) is 3.14. The number of amides is 2. The Kier molecular flexibility index (Phi) is 3.89. The fourth-order valence-corrected chi connectivity index (χ4v) is 1.41. The second-order valence-corrected chi connectivity index (χ2v) is 3.29. The quantitative estimate of drug-likeness (QED) is 0.637. The van der Waals surface area contributed by atoms with Crippen molar-refractivity contribution in [3.05, 3.63) is 0 Å². The third-order valence-electron chi connectivity index (χ3n) is 2.29. The standard InChI is InChI=1S/C9H16N2O2/c1-2-8(12)11-9(13)7-3-5-10-6-4-7/h7,10H,2-6H2,1H3,(H,11,12,13). The number of carbonyl (C=O) groups excluding carboxylic acids is 2. The maximum atomic E-state index is 11.4. The van der Waals surface area contributed by atoms with E-state index in [1.165, 1.54) is 0 Å². The van der Waals surface area contributed by atoms with Gasteiger partial charge in [-0.15, -0.1) is 0 Å². The molecule has 4 nitrogen and oxygen atoms in total. The summed E-state index contributed by atoms with van der Waals surface area (Å²) in [6, 6.07) is 0. The zero-order valence-corrected chi connectivity index (χ0v) is 7.93. The molecule has 2 N–H and O–H groups in total. The van der Waals surface area contributed by atoms with E-state index in [0.29, 0.717) is 6.42 Å². The Morgan fingerprint density at radius 3 is 2.54 bits per heavy atom. The molecule has 0 spiro atoms. The molecule has 1 fully saturated rings. The molecule has 1 heterocycles. The SMILES string of the molecule is CCC(=O)NC(=O)C1CCNCC1. The highest BCUT2D eigenvalue weighted by atomic mass is 16.2. The first kappa shape index (κ1) is 10.2. The highest BCUT2D eigenvalue weighted by molar-refractivity contribution is 5.96. The van der Waals surface area contributed by atoms with Crippen LogP contribution in [0.3, 0.4) is 0 Å². The lowest BCUT2D eigenvalue weighted by Crippen LogP contribution is -2.40. The minimum absolute atomic E-state index is 0.0248. The molecule has 0 aromatic heterocycles. The molecule has 1 aliphatic rings. The Morgan fingerprint density at radius 1 is 1.38 bits per heavy atom. The number of rotatable bonds is 2. The van der Waals surface area contributed by atoms with E-state index in [0.717, 1.165) is 25.9 Å². The van der Waals surface area contributed by atoms with Crippen LogP contribution in [0.25, 0.3) is 0 Å². The summed E-state index contributed by atoms with van der Waals surface area (Å²) in [6.07, 6.45) is 2.04. The fourth-order valence-electron chi connectivity index (χ4n) is 1.41. The number of carbonyl (C=O) groups is 2. The Bertz CT molecular complexity index is 198. The van der Waals surface area contributed by atoms with Crippen LogP contribution in [0.2, 0.25) is 0 Å². The summed E-state index contributed by atoms with van der Waals surface area (Å²) in [6.45, 7) is 3.49. The van der Waals surface area contributed by atoms with E-state index in [2.05, 4.69) is 10.6 Å². The molecule has 0 aromatic carbocycles. The predicted molar refractivity (Wildman–Crippen MR) is 49.0 cm³/mol. The fraction of sp³-hybridized carbons (Fsp3) is 0.778. The summed E-state index contributed by atoms with van der Waals surface area (Å²) >= 11 is 0. The minimum atomic E-state index is -0.177. The summed E-state index contributed by atoms with van der Waals surface area (Å²) in [7, 11) is 0. The van der Waals surface area contributed by atoms with Gasteiger partial charge >= 0.3 is 0 Å². The molecule has 2 amide bonds. The van der Waals surface area contributed by atoms with E-state index < -0.39 is 0 Å².